The van der Waals surface area contributed by atoms with Crippen molar-refractivity contribution < 1.29 is 28.7 Å². The van der Waals surface area contributed by atoms with Crippen molar-refractivity contribution in [3.8, 4) is 11.6 Å². The van der Waals surface area contributed by atoms with E-state index in [1.165, 1.54) is 23.1 Å². The van der Waals surface area contributed by atoms with Crippen LogP contribution in [-0.2, 0) is 4.79 Å². The summed E-state index contributed by atoms with van der Waals surface area (Å²) in [5, 5.41) is 9.59. The van der Waals surface area contributed by atoms with Crippen molar-refractivity contribution >= 4 is 28.7 Å². The molecule has 2 heterocycles. The second-order valence-electron chi connectivity index (χ2n) is 7.31. The Kier molecular flexibility index (Phi) is 7.72. The number of fused-ring (bicyclic) bond motifs is 1. The third-order valence-corrected chi connectivity index (χ3v) is 4.97. The first-order valence-electron chi connectivity index (χ1n) is 10.8. The van der Waals surface area contributed by atoms with Crippen LogP contribution in [0.2, 0.25) is 0 Å². The molecule has 4 aromatic rings. The first kappa shape index (κ1) is 23.5. The van der Waals surface area contributed by atoms with Gasteiger partial charge in [0.05, 0.1) is 6.54 Å². The molecule has 2 aromatic carbocycles. The molecule has 2 aromatic heterocycles. The number of carbonyl (C=O) groups is 2. The van der Waals surface area contributed by atoms with Crippen LogP contribution in [0.5, 0.6) is 11.6 Å². The molecule has 0 spiro atoms. The second-order valence-corrected chi connectivity index (χ2v) is 7.31. The van der Waals surface area contributed by atoms with Crippen LogP contribution in [0.25, 0.3) is 11.0 Å². The van der Waals surface area contributed by atoms with Crippen molar-refractivity contribution in [2.75, 3.05) is 24.7 Å². The van der Waals surface area contributed by atoms with Gasteiger partial charge in [-0.05, 0) is 42.5 Å². The summed E-state index contributed by atoms with van der Waals surface area (Å²) in [6.45, 7) is 0.566. The van der Waals surface area contributed by atoms with Gasteiger partial charge in [0.15, 0.2) is 0 Å². The zero-order valence-corrected chi connectivity index (χ0v) is 18.7. The average Bonchev–Trinajstić information content (AvgIpc) is 3.33. The van der Waals surface area contributed by atoms with Crippen LogP contribution >= 0.6 is 0 Å². The van der Waals surface area contributed by atoms with Gasteiger partial charge in [-0.25, -0.2) is 10.5 Å². The van der Waals surface area contributed by atoms with Gasteiger partial charge in [-0.2, -0.15) is 0 Å². The molecule has 9 nitrogen and oxygen atoms in total. The van der Waals surface area contributed by atoms with Crippen LogP contribution in [0, 0.1) is 0 Å². The molecule has 0 aliphatic heterocycles. The van der Waals surface area contributed by atoms with Crippen molar-refractivity contribution in [3.63, 3.8) is 0 Å². The predicted octanol–water partition coefficient (Wildman–Crippen LogP) is 3.99. The molecule has 0 aliphatic carbocycles. The first-order chi connectivity index (χ1) is 17.1. The minimum Gasteiger partial charge on any atom is -0.492 e. The third kappa shape index (κ3) is 6.24. The molecule has 0 atom stereocenters. The van der Waals surface area contributed by atoms with Crippen molar-refractivity contribution in [2.24, 2.45) is 0 Å². The summed E-state index contributed by atoms with van der Waals surface area (Å²) < 4.78 is 17.1. The molecule has 0 radical (unpaired) electrons. The van der Waals surface area contributed by atoms with Crippen LogP contribution in [0.1, 0.15) is 10.4 Å². The van der Waals surface area contributed by atoms with Gasteiger partial charge in [-0.15, -0.1) is 0 Å². The number of nitrogens with one attached hydrogen (secondary N) is 1. The van der Waals surface area contributed by atoms with Gasteiger partial charge >= 0.3 is 0 Å². The second kappa shape index (κ2) is 11.5. The number of pyridine rings is 1. The van der Waals surface area contributed by atoms with Gasteiger partial charge in [0.2, 0.25) is 11.8 Å². The Bertz CT molecular complexity index is 1270. The van der Waals surface area contributed by atoms with E-state index in [4.69, 9.17) is 19.1 Å². The SMILES string of the molecule is O=C(NO)c1ccc(OCCN(C(=O)C=CCOc2ccccn2)c2cc3ccccc3o2)cc1. The van der Waals surface area contributed by atoms with Gasteiger partial charge in [-0.1, -0.05) is 24.3 Å². The van der Waals surface area contributed by atoms with Gasteiger partial charge in [0.25, 0.3) is 11.8 Å². The Morgan fingerprint density at radius 1 is 1.03 bits per heavy atom. The van der Waals surface area contributed by atoms with E-state index in [-0.39, 0.29) is 31.2 Å². The largest absolute Gasteiger partial charge is 0.492 e. The number of aromatic nitrogens is 1. The maximum absolute atomic E-state index is 13.0. The number of amides is 2. The number of nitrogens with zero attached hydrogens (tertiary/aromatic N) is 2. The third-order valence-electron chi connectivity index (χ3n) is 4.97. The molecule has 0 bridgehead atoms. The molecule has 0 saturated carbocycles. The number of benzene rings is 2. The summed E-state index contributed by atoms with van der Waals surface area (Å²) in [5.74, 6) is 0.458. The lowest BCUT2D eigenvalue weighted by molar-refractivity contribution is -0.114. The van der Waals surface area contributed by atoms with Gasteiger partial charge < -0.3 is 13.9 Å². The Balaban J connectivity index is 1.42. The minimum atomic E-state index is -0.614. The van der Waals surface area contributed by atoms with Crippen molar-refractivity contribution in [1.82, 2.24) is 10.5 Å². The summed E-state index contributed by atoms with van der Waals surface area (Å²) in [6.07, 6.45) is 4.65. The molecule has 2 amide bonds. The number of hydrogen-bond donors (Lipinski definition) is 2. The summed E-state index contributed by atoms with van der Waals surface area (Å²) >= 11 is 0. The lowest BCUT2D eigenvalue weighted by Crippen LogP contribution is -2.33. The fourth-order valence-corrected chi connectivity index (χ4v) is 3.26. The van der Waals surface area contributed by atoms with Crippen LogP contribution in [0.4, 0.5) is 5.88 Å². The number of furan rings is 1. The molecule has 0 aliphatic rings. The molecule has 178 valence electrons. The molecular formula is C26H23N3O6. The molecule has 0 fully saturated rings. The number of para-hydroxylation sites is 1. The smallest absolute Gasteiger partial charge is 0.274 e. The van der Waals surface area contributed by atoms with Gasteiger partial charge in [0.1, 0.15) is 24.5 Å². The minimum absolute atomic E-state index is 0.173. The highest BCUT2D eigenvalue weighted by Gasteiger charge is 2.18. The van der Waals surface area contributed by atoms with Crippen LogP contribution in [-0.4, -0.2) is 41.8 Å². The number of hydroxylamine groups is 1. The maximum atomic E-state index is 13.0. The van der Waals surface area contributed by atoms with E-state index in [1.807, 2.05) is 30.3 Å². The van der Waals surface area contributed by atoms with E-state index in [0.717, 1.165) is 5.39 Å². The molecule has 4 rings (SSSR count). The normalized spacial score (nSPS) is 10.9. The fourth-order valence-electron chi connectivity index (χ4n) is 3.26. The summed E-state index contributed by atoms with van der Waals surface area (Å²) in [7, 11) is 0. The molecule has 0 unspecified atom stereocenters. The first-order valence-corrected chi connectivity index (χ1v) is 10.8. The standard InChI is InChI=1S/C26H23N3O6/c30-24(9-5-16-34-23-8-3-4-14-27-23)29(25-18-20-6-1-2-7-22(20)35-25)15-17-33-21-12-10-19(11-13-21)26(31)28-32/h1-14,18,32H,15-17H2,(H,28,31). The topological polar surface area (TPSA) is 114 Å². The Morgan fingerprint density at radius 2 is 1.83 bits per heavy atom. The zero-order chi connectivity index (χ0) is 24.5. The molecule has 9 heteroatoms. The highest BCUT2D eigenvalue weighted by atomic mass is 16.5. The van der Waals surface area contributed by atoms with Crippen LogP contribution < -0.4 is 19.9 Å². The number of carbonyl (C=O) groups excluding carboxylic acids is 2. The molecule has 2 N–H and O–H groups in total. The van der Waals surface area contributed by atoms with Crippen LogP contribution in [0.3, 0.4) is 0 Å². The summed E-state index contributed by atoms with van der Waals surface area (Å²) in [6, 6.07) is 20.9. The lowest BCUT2D eigenvalue weighted by Gasteiger charge is -2.18. The number of ether oxygens (including phenoxy) is 2. The van der Waals surface area contributed by atoms with E-state index in [0.29, 0.717) is 23.1 Å². The van der Waals surface area contributed by atoms with Gasteiger partial charge in [0, 0.05) is 35.4 Å². The van der Waals surface area contributed by atoms with E-state index in [2.05, 4.69) is 4.98 Å². The van der Waals surface area contributed by atoms with Gasteiger partial charge in [-0.3, -0.25) is 19.7 Å². The highest BCUT2D eigenvalue weighted by molar-refractivity contribution is 6.01. The zero-order valence-electron chi connectivity index (χ0n) is 18.7. The average molecular weight is 473 g/mol. The Hall–Kier alpha value is -4.63. The van der Waals surface area contributed by atoms with Crippen molar-refractivity contribution in [2.45, 2.75) is 0 Å². The van der Waals surface area contributed by atoms with Crippen LogP contribution in [0.15, 0.2) is 95.6 Å². The van der Waals surface area contributed by atoms with Crippen molar-refractivity contribution in [3.05, 3.63) is 96.7 Å². The van der Waals surface area contributed by atoms with E-state index in [9.17, 15) is 9.59 Å². The van der Waals surface area contributed by atoms with Crippen molar-refractivity contribution in [1.29, 1.82) is 0 Å². The molecular weight excluding hydrogens is 450 g/mol. The monoisotopic (exact) mass is 473 g/mol. The summed E-state index contributed by atoms with van der Waals surface area (Å²) in [5.41, 5.74) is 2.53. The van der Waals surface area contributed by atoms with E-state index < -0.39 is 5.91 Å². The summed E-state index contributed by atoms with van der Waals surface area (Å²) in [4.78, 5) is 30.0. The Morgan fingerprint density at radius 3 is 2.57 bits per heavy atom. The predicted molar refractivity (Wildman–Crippen MR) is 129 cm³/mol. The maximum Gasteiger partial charge on any atom is 0.274 e. The Labute approximate surface area is 201 Å². The quantitative estimate of drug-likeness (QED) is 0.203. The highest BCUT2D eigenvalue weighted by Crippen LogP contribution is 2.26. The molecule has 0 saturated heterocycles. The lowest BCUT2D eigenvalue weighted by atomic mass is 10.2. The van der Waals surface area contributed by atoms with E-state index >= 15 is 0 Å². The number of hydrogen-bond acceptors (Lipinski definition) is 7. The molecule has 35 heavy (non-hydrogen) atoms. The number of rotatable bonds is 10. The van der Waals surface area contributed by atoms with E-state index in [1.54, 1.807) is 48.1 Å². The number of anilines is 1. The fraction of sp³-hybridized carbons (Fsp3) is 0.115.